The van der Waals surface area contributed by atoms with E-state index >= 15 is 0 Å². The van der Waals surface area contributed by atoms with Crippen molar-refractivity contribution >= 4 is 17.2 Å². The predicted octanol–water partition coefficient (Wildman–Crippen LogP) is 2.19. The van der Waals surface area contributed by atoms with E-state index in [1.54, 1.807) is 6.92 Å². The number of hydrogen-bond donors (Lipinski definition) is 1. The molecule has 5 heteroatoms. The summed E-state index contributed by atoms with van der Waals surface area (Å²) in [6, 6.07) is 5.84. The molecule has 1 atom stereocenters. The van der Waals surface area contributed by atoms with Crippen molar-refractivity contribution in [3.05, 3.63) is 35.2 Å². The number of hydrogen-bond acceptors (Lipinski definition) is 3. The van der Waals surface area contributed by atoms with Gasteiger partial charge in [0.05, 0.1) is 11.8 Å². The quantitative estimate of drug-likeness (QED) is 0.903. The van der Waals surface area contributed by atoms with Crippen LogP contribution in [0.15, 0.2) is 24.4 Å². The summed E-state index contributed by atoms with van der Waals surface area (Å²) in [5, 5.41) is 9.83. The first kappa shape index (κ1) is 13.3. The molecule has 1 unspecified atom stereocenters. The Labute approximate surface area is 112 Å². The average Bonchev–Trinajstić information content (AvgIpc) is 2.64. The molecule has 2 aromatic heterocycles. The Morgan fingerprint density at radius 1 is 1.50 bits per heavy atom. The third kappa shape index (κ3) is 3.02. The molecule has 4 nitrogen and oxygen atoms in total. The third-order valence-corrected chi connectivity index (χ3v) is 3.23. The molecular weight excluding hydrogens is 250 g/mol. The molecule has 0 saturated heterocycles. The van der Waals surface area contributed by atoms with E-state index in [9.17, 15) is 5.11 Å². The molecular formula is C13H18ClN3O. The SMILES string of the molecule is CC(O)CCN(C)Cc1c(Cl)nc2ccccn12. The van der Waals surface area contributed by atoms with Gasteiger partial charge in [0.1, 0.15) is 5.65 Å². The molecule has 0 aromatic carbocycles. The minimum absolute atomic E-state index is 0.273. The normalized spacial score (nSPS) is 13.4. The van der Waals surface area contributed by atoms with E-state index in [2.05, 4.69) is 9.88 Å². The number of nitrogens with zero attached hydrogens (tertiary/aromatic N) is 3. The smallest absolute Gasteiger partial charge is 0.152 e. The zero-order chi connectivity index (χ0) is 13.1. The van der Waals surface area contributed by atoms with Crippen molar-refractivity contribution in [3.63, 3.8) is 0 Å². The standard InChI is InChI=1S/C13H18ClN3O/c1-10(18)6-8-16(2)9-11-13(14)15-12-5-3-4-7-17(11)12/h3-5,7,10,18H,6,8-9H2,1-2H3. The van der Waals surface area contributed by atoms with Crippen molar-refractivity contribution in [3.8, 4) is 0 Å². The van der Waals surface area contributed by atoms with Gasteiger partial charge in [0.25, 0.3) is 0 Å². The van der Waals surface area contributed by atoms with Gasteiger partial charge in [-0.3, -0.25) is 0 Å². The molecule has 98 valence electrons. The number of fused-ring (bicyclic) bond motifs is 1. The van der Waals surface area contributed by atoms with Gasteiger partial charge in [-0.25, -0.2) is 4.98 Å². The Morgan fingerprint density at radius 3 is 3.00 bits per heavy atom. The van der Waals surface area contributed by atoms with E-state index in [-0.39, 0.29) is 6.10 Å². The first-order chi connectivity index (χ1) is 8.58. The fourth-order valence-corrected chi connectivity index (χ4v) is 2.14. The molecule has 0 radical (unpaired) electrons. The molecule has 1 N–H and O–H groups in total. The highest BCUT2D eigenvalue weighted by Crippen LogP contribution is 2.18. The number of aliphatic hydroxyl groups is 1. The van der Waals surface area contributed by atoms with E-state index in [0.29, 0.717) is 5.15 Å². The van der Waals surface area contributed by atoms with Crippen LogP contribution in [-0.2, 0) is 6.54 Å². The third-order valence-electron chi connectivity index (χ3n) is 2.93. The number of rotatable bonds is 5. The van der Waals surface area contributed by atoms with Gasteiger partial charge in [-0.15, -0.1) is 0 Å². The van der Waals surface area contributed by atoms with Crippen molar-refractivity contribution < 1.29 is 5.11 Å². The van der Waals surface area contributed by atoms with Crippen LogP contribution in [-0.4, -0.2) is 39.1 Å². The van der Waals surface area contributed by atoms with E-state index in [1.807, 2.05) is 35.8 Å². The zero-order valence-electron chi connectivity index (χ0n) is 10.7. The second kappa shape index (κ2) is 5.69. The van der Waals surface area contributed by atoms with Crippen molar-refractivity contribution in [2.75, 3.05) is 13.6 Å². The Morgan fingerprint density at radius 2 is 2.28 bits per heavy atom. The van der Waals surface area contributed by atoms with Crippen LogP contribution >= 0.6 is 11.6 Å². The minimum Gasteiger partial charge on any atom is -0.393 e. The number of halogens is 1. The number of pyridine rings is 1. The maximum absolute atomic E-state index is 9.28. The van der Waals surface area contributed by atoms with Crippen LogP contribution in [0.25, 0.3) is 5.65 Å². The fourth-order valence-electron chi connectivity index (χ4n) is 1.90. The molecule has 0 aliphatic heterocycles. The summed E-state index contributed by atoms with van der Waals surface area (Å²) < 4.78 is 2.00. The number of imidazole rings is 1. The lowest BCUT2D eigenvalue weighted by Gasteiger charge is -2.17. The highest BCUT2D eigenvalue weighted by Gasteiger charge is 2.12. The summed E-state index contributed by atoms with van der Waals surface area (Å²) in [4.78, 5) is 6.45. The average molecular weight is 268 g/mol. The fraction of sp³-hybridized carbons (Fsp3) is 0.462. The lowest BCUT2D eigenvalue weighted by molar-refractivity contribution is 0.162. The maximum atomic E-state index is 9.28. The summed E-state index contributed by atoms with van der Waals surface area (Å²) in [5.74, 6) is 0. The Kier molecular flexibility index (Phi) is 4.22. The number of aliphatic hydroxyl groups excluding tert-OH is 1. The van der Waals surface area contributed by atoms with Gasteiger partial charge in [0.2, 0.25) is 0 Å². The molecule has 2 heterocycles. The van der Waals surface area contributed by atoms with Crippen molar-refractivity contribution in [2.45, 2.75) is 26.0 Å². The zero-order valence-corrected chi connectivity index (χ0v) is 11.4. The van der Waals surface area contributed by atoms with Crippen LogP contribution in [0.3, 0.4) is 0 Å². The predicted molar refractivity (Wildman–Crippen MR) is 72.8 cm³/mol. The minimum atomic E-state index is -0.273. The second-order valence-corrected chi connectivity index (χ2v) is 5.01. The van der Waals surface area contributed by atoms with Gasteiger partial charge in [-0.1, -0.05) is 17.7 Å². The van der Waals surface area contributed by atoms with E-state index in [1.165, 1.54) is 0 Å². The number of aromatic nitrogens is 2. The molecule has 18 heavy (non-hydrogen) atoms. The molecule has 0 aliphatic carbocycles. The van der Waals surface area contributed by atoms with E-state index < -0.39 is 0 Å². The van der Waals surface area contributed by atoms with E-state index in [4.69, 9.17) is 11.6 Å². The van der Waals surface area contributed by atoms with Gasteiger partial charge in [-0.05, 0) is 32.5 Å². The second-order valence-electron chi connectivity index (χ2n) is 4.65. The molecule has 2 aromatic rings. The first-order valence-electron chi connectivity index (χ1n) is 6.06. The molecule has 2 rings (SSSR count). The lowest BCUT2D eigenvalue weighted by atomic mass is 10.2. The van der Waals surface area contributed by atoms with Gasteiger partial charge < -0.3 is 14.4 Å². The van der Waals surface area contributed by atoms with E-state index in [0.717, 1.165) is 30.9 Å². The largest absolute Gasteiger partial charge is 0.393 e. The monoisotopic (exact) mass is 267 g/mol. The van der Waals surface area contributed by atoms with Crippen molar-refractivity contribution in [1.29, 1.82) is 0 Å². The van der Waals surface area contributed by atoms with Crippen molar-refractivity contribution in [1.82, 2.24) is 14.3 Å². The summed E-state index contributed by atoms with van der Waals surface area (Å²) in [6.07, 6.45) is 2.45. The lowest BCUT2D eigenvalue weighted by Crippen LogP contribution is -2.22. The Balaban J connectivity index is 2.13. The van der Waals surface area contributed by atoms with Crippen LogP contribution in [0.1, 0.15) is 19.0 Å². The molecule has 0 bridgehead atoms. The molecule has 0 spiro atoms. The summed E-state index contributed by atoms with van der Waals surface area (Å²) >= 11 is 6.17. The van der Waals surface area contributed by atoms with Gasteiger partial charge in [-0.2, -0.15) is 0 Å². The highest BCUT2D eigenvalue weighted by molar-refractivity contribution is 6.30. The topological polar surface area (TPSA) is 40.8 Å². The molecule has 0 aliphatic rings. The van der Waals surface area contributed by atoms with Gasteiger partial charge in [0, 0.05) is 19.3 Å². The molecule has 0 fully saturated rings. The van der Waals surface area contributed by atoms with Gasteiger partial charge >= 0.3 is 0 Å². The van der Waals surface area contributed by atoms with Crippen molar-refractivity contribution in [2.24, 2.45) is 0 Å². The van der Waals surface area contributed by atoms with Gasteiger partial charge in [0.15, 0.2) is 5.15 Å². The van der Waals surface area contributed by atoms with Crippen LogP contribution in [0.4, 0.5) is 0 Å². The molecule has 0 saturated carbocycles. The first-order valence-corrected chi connectivity index (χ1v) is 6.44. The van der Waals surface area contributed by atoms with Crippen LogP contribution < -0.4 is 0 Å². The Bertz CT molecular complexity index is 524. The Hall–Kier alpha value is -1.10. The summed E-state index contributed by atoms with van der Waals surface area (Å²) in [6.45, 7) is 3.35. The van der Waals surface area contributed by atoms with Crippen LogP contribution in [0.5, 0.6) is 0 Å². The molecule has 0 amide bonds. The maximum Gasteiger partial charge on any atom is 0.152 e. The summed E-state index contributed by atoms with van der Waals surface area (Å²) in [5.41, 5.74) is 1.85. The highest BCUT2D eigenvalue weighted by atomic mass is 35.5. The van der Waals surface area contributed by atoms with Crippen LogP contribution in [0, 0.1) is 0 Å². The summed E-state index contributed by atoms with van der Waals surface area (Å²) in [7, 11) is 2.01. The van der Waals surface area contributed by atoms with Crippen LogP contribution in [0.2, 0.25) is 5.15 Å².